The molecular weight excluding hydrogens is 464 g/mol. The van der Waals surface area contributed by atoms with Crippen LogP contribution in [0.15, 0.2) is 58.8 Å². The molecule has 3 heterocycles. The third-order valence-corrected chi connectivity index (χ3v) is 8.95. The SMILES string of the molecule is O=C(NCc1ccc2c(c1)OCO2)c1cccc(-c2ccc(S(=O)(=O)N3CCOCC3)s2)c1. The summed E-state index contributed by atoms with van der Waals surface area (Å²) in [4.78, 5) is 13.5. The summed E-state index contributed by atoms with van der Waals surface area (Å²) in [5.41, 5.74) is 2.19. The van der Waals surface area contributed by atoms with E-state index in [0.29, 0.717) is 49.9 Å². The summed E-state index contributed by atoms with van der Waals surface area (Å²) in [6.45, 7) is 2.07. The zero-order valence-electron chi connectivity index (χ0n) is 17.7. The van der Waals surface area contributed by atoms with E-state index < -0.39 is 10.0 Å². The maximum absolute atomic E-state index is 12.9. The molecule has 33 heavy (non-hydrogen) atoms. The minimum Gasteiger partial charge on any atom is -0.454 e. The molecule has 0 atom stereocenters. The number of carbonyl (C=O) groups is 1. The summed E-state index contributed by atoms with van der Waals surface area (Å²) >= 11 is 1.20. The lowest BCUT2D eigenvalue weighted by molar-refractivity contribution is 0.0731. The van der Waals surface area contributed by atoms with E-state index in [-0.39, 0.29) is 16.9 Å². The second-order valence-electron chi connectivity index (χ2n) is 7.59. The van der Waals surface area contributed by atoms with Gasteiger partial charge in [-0.25, -0.2) is 8.42 Å². The molecule has 1 saturated heterocycles. The van der Waals surface area contributed by atoms with Crippen molar-refractivity contribution in [2.75, 3.05) is 33.1 Å². The summed E-state index contributed by atoms with van der Waals surface area (Å²) in [7, 11) is -3.55. The van der Waals surface area contributed by atoms with Crippen LogP contribution < -0.4 is 14.8 Å². The third kappa shape index (κ3) is 4.60. The van der Waals surface area contributed by atoms with Gasteiger partial charge in [-0.05, 0) is 47.5 Å². The van der Waals surface area contributed by atoms with Crippen molar-refractivity contribution in [1.29, 1.82) is 0 Å². The molecule has 2 aliphatic heterocycles. The fraction of sp³-hybridized carbons (Fsp3) is 0.261. The number of benzene rings is 2. The van der Waals surface area contributed by atoms with Crippen molar-refractivity contribution < 1.29 is 27.4 Å². The fourth-order valence-corrected chi connectivity index (χ4v) is 6.54. The van der Waals surface area contributed by atoms with E-state index in [4.69, 9.17) is 14.2 Å². The van der Waals surface area contributed by atoms with E-state index >= 15 is 0 Å². The van der Waals surface area contributed by atoms with Crippen molar-refractivity contribution in [3.05, 3.63) is 65.7 Å². The number of carbonyl (C=O) groups excluding carboxylic acids is 1. The number of sulfonamides is 1. The summed E-state index contributed by atoms with van der Waals surface area (Å²) in [5, 5.41) is 2.91. The molecule has 1 N–H and O–H groups in total. The molecule has 10 heteroatoms. The van der Waals surface area contributed by atoms with E-state index in [9.17, 15) is 13.2 Å². The van der Waals surface area contributed by atoms with Gasteiger partial charge in [0.1, 0.15) is 4.21 Å². The number of hydrogen-bond donors (Lipinski definition) is 1. The van der Waals surface area contributed by atoms with E-state index in [2.05, 4.69) is 5.32 Å². The Balaban J connectivity index is 1.28. The average Bonchev–Trinajstić information content (AvgIpc) is 3.53. The highest BCUT2D eigenvalue weighted by Crippen LogP contribution is 2.34. The molecule has 0 aliphatic carbocycles. The van der Waals surface area contributed by atoms with Crippen LogP contribution in [0.3, 0.4) is 0 Å². The van der Waals surface area contributed by atoms with Gasteiger partial charge in [0.15, 0.2) is 11.5 Å². The van der Waals surface area contributed by atoms with E-state index in [0.717, 1.165) is 16.0 Å². The molecule has 1 aromatic heterocycles. The first-order valence-corrected chi connectivity index (χ1v) is 12.7. The Morgan fingerprint density at radius 3 is 2.67 bits per heavy atom. The monoisotopic (exact) mass is 486 g/mol. The Hall–Kier alpha value is -2.92. The first-order valence-electron chi connectivity index (χ1n) is 10.5. The molecule has 2 aromatic carbocycles. The number of nitrogens with zero attached hydrogens (tertiary/aromatic N) is 1. The van der Waals surface area contributed by atoms with Gasteiger partial charge in [0.2, 0.25) is 6.79 Å². The molecule has 1 fully saturated rings. The Morgan fingerprint density at radius 1 is 1.00 bits per heavy atom. The molecule has 8 nitrogen and oxygen atoms in total. The maximum Gasteiger partial charge on any atom is 0.252 e. The summed E-state index contributed by atoms with van der Waals surface area (Å²) in [5.74, 6) is 1.15. The molecule has 172 valence electrons. The number of amides is 1. The lowest BCUT2D eigenvalue weighted by atomic mass is 10.1. The minimum absolute atomic E-state index is 0.204. The van der Waals surface area contributed by atoms with E-state index in [1.165, 1.54) is 15.6 Å². The molecular formula is C23H22N2O6S2. The summed E-state index contributed by atoms with van der Waals surface area (Å²) in [6, 6.07) is 16.1. The minimum atomic E-state index is -3.55. The zero-order chi connectivity index (χ0) is 22.8. The Morgan fingerprint density at radius 2 is 1.82 bits per heavy atom. The smallest absolute Gasteiger partial charge is 0.252 e. The zero-order valence-corrected chi connectivity index (χ0v) is 19.3. The van der Waals surface area contributed by atoms with Crippen molar-refractivity contribution in [3.63, 3.8) is 0 Å². The van der Waals surface area contributed by atoms with E-state index in [1.54, 1.807) is 30.3 Å². The van der Waals surface area contributed by atoms with E-state index in [1.807, 2.05) is 24.3 Å². The lowest BCUT2D eigenvalue weighted by Crippen LogP contribution is -2.40. The fourth-order valence-electron chi connectivity index (χ4n) is 3.68. The van der Waals surface area contributed by atoms with Gasteiger partial charge in [-0.3, -0.25) is 4.79 Å². The molecule has 1 amide bonds. The predicted molar refractivity (Wildman–Crippen MR) is 123 cm³/mol. The maximum atomic E-state index is 12.9. The highest BCUT2D eigenvalue weighted by Gasteiger charge is 2.28. The molecule has 0 spiro atoms. The first-order chi connectivity index (χ1) is 16.0. The van der Waals surface area contributed by atoms with Gasteiger partial charge in [-0.2, -0.15) is 4.31 Å². The Kier molecular flexibility index (Phi) is 6.07. The van der Waals surface area contributed by atoms with Gasteiger partial charge in [0, 0.05) is 30.1 Å². The number of fused-ring (bicyclic) bond motifs is 1. The van der Waals surface area contributed by atoms with Gasteiger partial charge < -0.3 is 19.5 Å². The number of ether oxygens (including phenoxy) is 3. The van der Waals surface area contributed by atoms with Crippen LogP contribution in [0.4, 0.5) is 0 Å². The lowest BCUT2D eigenvalue weighted by Gasteiger charge is -2.25. The standard InChI is InChI=1S/C23H22N2O6S2/c26-23(24-14-16-4-5-19-20(12-16)31-15-30-19)18-3-1-2-17(13-18)21-6-7-22(32-21)33(27,28)25-8-10-29-11-9-25/h1-7,12-13H,8-11,14-15H2,(H,24,26). The number of rotatable bonds is 6. The topological polar surface area (TPSA) is 94.2 Å². The number of nitrogens with one attached hydrogen (secondary N) is 1. The van der Waals surface area contributed by atoms with Crippen LogP contribution in [0, 0.1) is 0 Å². The van der Waals surface area contributed by atoms with Crippen molar-refractivity contribution in [2.24, 2.45) is 0 Å². The largest absolute Gasteiger partial charge is 0.454 e. The van der Waals surface area contributed by atoms with Gasteiger partial charge in [-0.1, -0.05) is 18.2 Å². The van der Waals surface area contributed by atoms with Crippen molar-refractivity contribution in [2.45, 2.75) is 10.8 Å². The van der Waals surface area contributed by atoms with Crippen molar-refractivity contribution in [3.8, 4) is 21.9 Å². The van der Waals surface area contributed by atoms with Crippen LogP contribution in [0.25, 0.3) is 10.4 Å². The first kappa shape index (κ1) is 21.9. The number of thiophene rings is 1. The van der Waals surface area contributed by atoms with Crippen LogP contribution >= 0.6 is 11.3 Å². The molecule has 0 bridgehead atoms. The van der Waals surface area contributed by atoms with Crippen LogP contribution in [-0.2, 0) is 21.3 Å². The van der Waals surface area contributed by atoms with Gasteiger partial charge in [0.05, 0.1) is 13.2 Å². The van der Waals surface area contributed by atoms with Crippen molar-refractivity contribution >= 4 is 27.3 Å². The molecule has 0 saturated carbocycles. The normalized spacial score (nSPS) is 16.0. The van der Waals surface area contributed by atoms with Crippen LogP contribution in [0.2, 0.25) is 0 Å². The van der Waals surface area contributed by atoms with Gasteiger partial charge >= 0.3 is 0 Å². The predicted octanol–water partition coefficient (Wildman–Crippen LogP) is 3.09. The van der Waals surface area contributed by atoms with Crippen LogP contribution in [-0.4, -0.2) is 51.7 Å². The van der Waals surface area contributed by atoms with Gasteiger partial charge in [0.25, 0.3) is 15.9 Å². The quantitative estimate of drug-likeness (QED) is 0.576. The highest BCUT2D eigenvalue weighted by molar-refractivity contribution is 7.91. The van der Waals surface area contributed by atoms with Crippen LogP contribution in [0.5, 0.6) is 11.5 Å². The van der Waals surface area contributed by atoms with Crippen molar-refractivity contribution in [1.82, 2.24) is 9.62 Å². The van der Waals surface area contributed by atoms with Crippen LogP contribution in [0.1, 0.15) is 15.9 Å². The average molecular weight is 487 g/mol. The molecule has 0 radical (unpaired) electrons. The third-order valence-electron chi connectivity index (χ3n) is 5.44. The second-order valence-corrected chi connectivity index (χ2v) is 10.8. The molecule has 5 rings (SSSR count). The molecule has 3 aromatic rings. The number of hydrogen-bond acceptors (Lipinski definition) is 7. The Labute approximate surface area is 195 Å². The summed E-state index contributed by atoms with van der Waals surface area (Å²) in [6.07, 6.45) is 0. The Bertz CT molecular complexity index is 1280. The van der Waals surface area contributed by atoms with Gasteiger partial charge in [-0.15, -0.1) is 11.3 Å². The second kappa shape index (κ2) is 9.14. The highest BCUT2D eigenvalue weighted by atomic mass is 32.2. The molecule has 2 aliphatic rings. The summed E-state index contributed by atoms with van der Waals surface area (Å²) < 4.78 is 43.5. The molecule has 0 unspecified atom stereocenters. The number of morpholine rings is 1.